The number of carbonyl (C=O) groups is 2. The summed E-state index contributed by atoms with van der Waals surface area (Å²) in [4.78, 5) is 19.8. The van der Waals surface area contributed by atoms with Gasteiger partial charge in [0.25, 0.3) is 0 Å². The number of hydrogen-bond acceptors (Lipinski definition) is 3. The van der Waals surface area contributed by atoms with Gasteiger partial charge in [0.2, 0.25) is 0 Å². The zero-order chi connectivity index (χ0) is 7.98. The molecule has 0 rings (SSSR count). The van der Waals surface area contributed by atoms with Crippen LogP contribution in [-0.4, -0.2) is 25.2 Å². The lowest BCUT2D eigenvalue weighted by Crippen LogP contribution is -2.24. The van der Waals surface area contributed by atoms with Crippen LogP contribution in [0.3, 0.4) is 0 Å². The lowest BCUT2D eigenvalue weighted by molar-refractivity contribution is -0.140. The standard InChI is InChI=1S/C5H8NO4/c1-4(7)10-3-2-6-5(8)9/h6H,2-3H2,1H3. The predicted octanol–water partition coefficient (Wildman–Crippen LogP) is -0.310. The molecular weight excluding hydrogens is 138 g/mol. The van der Waals surface area contributed by atoms with Crippen LogP contribution in [0.5, 0.6) is 0 Å². The molecule has 1 N–H and O–H groups in total. The second-order valence-electron chi connectivity index (χ2n) is 1.55. The van der Waals surface area contributed by atoms with Crippen LogP contribution < -0.4 is 5.32 Å². The van der Waals surface area contributed by atoms with Crippen molar-refractivity contribution in [2.75, 3.05) is 13.2 Å². The molecule has 0 fully saturated rings. The van der Waals surface area contributed by atoms with Gasteiger partial charge in [0.15, 0.2) is 0 Å². The number of nitrogens with one attached hydrogen (secondary N) is 1. The molecule has 0 aromatic carbocycles. The Hall–Kier alpha value is -1.26. The molecule has 0 saturated carbocycles. The van der Waals surface area contributed by atoms with E-state index in [0.717, 1.165) is 0 Å². The van der Waals surface area contributed by atoms with Crippen LogP contribution in [0.15, 0.2) is 0 Å². The molecule has 5 nitrogen and oxygen atoms in total. The average molecular weight is 146 g/mol. The van der Waals surface area contributed by atoms with Crippen molar-refractivity contribution in [1.82, 2.24) is 5.32 Å². The Bertz CT molecular complexity index is 118. The predicted molar refractivity (Wildman–Crippen MR) is 30.7 cm³/mol. The van der Waals surface area contributed by atoms with E-state index in [1.807, 2.05) is 5.32 Å². The third kappa shape index (κ3) is 6.74. The second kappa shape index (κ2) is 4.60. The fourth-order valence-electron chi connectivity index (χ4n) is 0.348. The summed E-state index contributed by atoms with van der Waals surface area (Å²) in [5.41, 5.74) is 0. The Balaban J connectivity index is 3.06. The van der Waals surface area contributed by atoms with Gasteiger partial charge in [0.05, 0.1) is 6.54 Å². The summed E-state index contributed by atoms with van der Waals surface area (Å²) in [5, 5.41) is 11.6. The van der Waals surface area contributed by atoms with E-state index in [1.54, 1.807) is 0 Å². The van der Waals surface area contributed by atoms with Crippen LogP contribution >= 0.6 is 0 Å². The van der Waals surface area contributed by atoms with Crippen molar-refractivity contribution in [3.8, 4) is 0 Å². The molecule has 0 bridgehead atoms. The Kier molecular flexibility index (Phi) is 4.02. The smallest absolute Gasteiger partial charge is 0.450 e. The Morgan fingerprint density at radius 2 is 2.10 bits per heavy atom. The lowest BCUT2D eigenvalue weighted by Gasteiger charge is -1.98. The quantitative estimate of drug-likeness (QED) is 0.438. The van der Waals surface area contributed by atoms with E-state index >= 15 is 0 Å². The van der Waals surface area contributed by atoms with E-state index in [1.165, 1.54) is 6.92 Å². The number of carbonyl (C=O) groups excluding carboxylic acids is 2. The van der Waals surface area contributed by atoms with Crippen LogP contribution in [0.2, 0.25) is 0 Å². The van der Waals surface area contributed by atoms with Gasteiger partial charge in [-0.1, -0.05) is 0 Å². The molecule has 0 spiro atoms. The minimum Gasteiger partial charge on any atom is -0.464 e. The summed E-state index contributed by atoms with van der Waals surface area (Å²) < 4.78 is 4.40. The molecule has 0 saturated heterocycles. The first-order valence-corrected chi connectivity index (χ1v) is 2.71. The van der Waals surface area contributed by atoms with Crippen LogP contribution in [0, 0.1) is 0 Å². The van der Waals surface area contributed by atoms with E-state index in [9.17, 15) is 14.7 Å². The molecule has 10 heavy (non-hydrogen) atoms. The normalized spacial score (nSPS) is 8.50. The molecule has 0 aromatic rings. The fourth-order valence-corrected chi connectivity index (χ4v) is 0.348. The zero-order valence-corrected chi connectivity index (χ0v) is 5.55. The lowest BCUT2D eigenvalue weighted by atomic mass is 10.7. The highest BCUT2D eigenvalue weighted by atomic mass is 16.5. The summed E-state index contributed by atoms with van der Waals surface area (Å²) in [7, 11) is 0. The van der Waals surface area contributed by atoms with E-state index in [2.05, 4.69) is 4.74 Å². The second-order valence-corrected chi connectivity index (χ2v) is 1.55. The minimum atomic E-state index is -1.37. The van der Waals surface area contributed by atoms with Gasteiger partial charge in [-0.15, -0.1) is 0 Å². The van der Waals surface area contributed by atoms with E-state index < -0.39 is 12.1 Å². The van der Waals surface area contributed by atoms with Crippen molar-refractivity contribution in [2.45, 2.75) is 6.92 Å². The van der Waals surface area contributed by atoms with Crippen LogP contribution in [-0.2, 0) is 14.6 Å². The summed E-state index contributed by atoms with van der Waals surface area (Å²) in [6.07, 6.45) is -1.37. The summed E-state index contributed by atoms with van der Waals surface area (Å²) in [6.45, 7) is 1.37. The Labute approximate surface area is 58.0 Å². The van der Waals surface area contributed by atoms with Crippen molar-refractivity contribution in [3.05, 3.63) is 0 Å². The van der Waals surface area contributed by atoms with Crippen molar-refractivity contribution in [2.24, 2.45) is 0 Å². The molecular formula is C5H8NO4. The molecule has 0 aliphatic rings. The van der Waals surface area contributed by atoms with Crippen LogP contribution in [0.4, 0.5) is 4.79 Å². The number of hydrogen-bond donors (Lipinski definition) is 1. The average Bonchev–Trinajstić information content (AvgIpc) is 1.79. The van der Waals surface area contributed by atoms with Crippen molar-refractivity contribution >= 4 is 12.1 Å². The molecule has 0 aliphatic heterocycles. The maximum Gasteiger partial charge on any atom is 0.450 e. The van der Waals surface area contributed by atoms with Gasteiger partial charge in [-0.25, -0.2) is 9.90 Å². The molecule has 0 aliphatic carbocycles. The first-order valence-electron chi connectivity index (χ1n) is 2.71. The highest BCUT2D eigenvalue weighted by molar-refractivity contribution is 5.66. The molecule has 0 atom stereocenters. The van der Waals surface area contributed by atoms with Gasteiger partial charge in [0.1, 0.15) is 6.61 Å². The highest BCUT2D eigenvalue weighted by Crippen LogP contribution is 1.73. The third-order valence-electron chi connectivity index (χ3n) is 0.677. The van der Waals surface area contributed by atoms with E-state index in [4.69, 9.17) is 0 Å². The molecule has 1 radical (unpaired) electrons. The van der Waals surface area contributed by atoms with Gasteiger partial charge in [-0.2, -0.15) is 0 Å². The molecule has 0 unspecified atom stereocenters. The van der Waals surface area contributed by atoms with Gasteiger partial charge in [-0.05, 0) is 0 Å². The summed E-state index contributed by atoms with van der Waals surface area (Å²) in [6, 6.07) is 0. The van der Waals surface area contributed by atoms with Crippen LogP contribution in [0.1, 0.15) is 6.92 Å². The molecule has 57 valence electrons. The maximum absolute atomic E-state index is 10.1. The molecule has 0 aromatic heterocycles. The van der Waals surface area contributed by atoms with Gasteiger partial charge in [-0.3, -0.25) is 4.79 Å². The fraction of sp³-hybridized carbons (Fsp3) is 0.600. The summed E-state index contributed by atoms with van der Waals surface area (Å²) in [5.74, 6) is -0.430. The monoisotopic (exact) mass is 146 g/mol. The van der Waals surface area contributed by atoms with Crippen LogP contribution in [0.25, 0.3) is 0 Å². The largest absolute Gasteiger partial charge is 0.464 e. The zero-order valence-electron chi connectivity index (χ0n) is 5.55. The Morgan fingerprint density at radius 1 is 1.50 bits per heavy atom. The number of amides is 1. The van der Waals surface area contributed by atoms with Gasteiger partial charge >= 0.3 is 12.1 Å². The topological polar surface area (TPSA) is 75.3 Å². The van der Waals surface area contributed by atoms with Crippen molar-refractivity contribution in [1.29, 1.82) is 0 Å². The highest BCUT2D eigenvalue weighted by Gasteiger charge is 1.96. The Morgan fingerprint density at radius 3 is 2.50 bits per heavy atom. The first-order chi connectivity index (χ1) is 4.63. The third-order valence-corrected chi connectivity index (χ3v) is 0.677. The number of ether oxygens (including phenoxy) is 1. The van der Waals surface area contributed by atoms with Gasteiger partial charge in [0, 0.05) is 6.92 Å². The molecule has 1 amide bonds. The summed E-state index contributed by atoms with van der Waals surface area (Å²) >= 11 is 0. The van der Waals surface area contributed by atoms with Crippen molar-refractivity contribution < 1.29 is 19.4 Å². The van der Waals surface area contributed by atoms with Crippen molar-refractivity contribution in [3.63, 3.8) is 0 Å². The molecule has 5 heteroatoms. The molecule has 0 heterocycles. The maximum atomic E-state index is 10.1. The number of esters is 1. The first kappa shape index (κ1) is 8.74. The SMILES string of the molecule is CC(=O)OCCNC([O])=O. The van der Waals surface area contributed by atoms with E-state index in [-0.39, 0.29) is 13.2 Å². The number of rotatable bonds is 3. The van der Waals surface area contributed by atoms with E-state index in [0.29, 0.717) is 0 Å². The minimum absolute atomic E-state index is 0.0450. The van der Waals surface area contributed by atoms with Gasteiger partial charge < -0.3 is 10.1 Å².